The summed E-state index contributed by atoms with van der Waals surface area (Å²) in [7, 11) is 1.88. The third-order valence-electron chi connectivity index (χ3n) is 4.98. The Kier molecular flexibility index (Phi) is 5.05. The molecular weight excluding hydrogens is 356 g/mol. The van der Waals surface area contributed by atoms with E-state index >= 15 is 0 Å². The van der Waals surface area contributed by atoms with Crippen LogP contribution in [0, 0.1) is 6.92 Å². The van der Waals surface area contributed by atoms with Crippen molar-refractivity contribution in [3.05, 3.63) is 42.9 Å². The molecule has 1 unspecified atom stereocenters. The zero-order chi connectivity index (χ0) is 19.5. The number of carbonyl (C=O) groups excluding carboxylic acids is 1. The van der Waals surface area contributed by atoms with E-state index in [0.717, 1.165) is 30.0 Å². The summed E-state index contributed by atoms with van der Waals surface area (Å²) in [5, 5.41) is 7.32. The number of hydrogen-bond donors (Lipinski definition) is 1. The summed E-state index contributed by atoms with van der Waals surface area (Å²) < 4.78 is 3.74. The molecule has 1 N–H and O–H groups in total. The number of rotatable bonds is 6. The van der Waals surface area contributed by atoms with E-state index in [4.69, 9.17) is 0 Å². The molecule has 9 heteroatoms. The highest BCUT2D eigenvalue weighted by molar-refractivity contribution is 5.76. The molecule has 3 aromatic rings. The van der Waals surface area contributed by atoms with Crippen molar-refractivity contribution in [1.82, 2.24) is 34.6 Å². The van der Waals surface area contributed by atoms with Gasteiger partial charge in [-0.25, -0.2) is 15.0 Å². The van der Waals surface area contributed by atoms with Gasteiger partial charge in [0.05, 0.1) is 11.9 Å². The van der Waals surface area contributed by atoms with Gasteiger partial charge >= 0.3 is 0 Å². The fourth-order valence-corrected chi connectivity index (χ4v) is 3.44. The van der Waals surface area contributed by atoms with Gasteiger partial charge in [0, 0.05) is 69.5 Å². The average molecular weight is 380 g/mol. The van der Waals surface area contributed by atoms with E-state index in [9.17, 15) is 4.79 Å². The van der Waals surface area contributed by atoms with Gasteiger partial charge in [-0.3, -0.25) is 9.48 Å². The molecule has 9 nitrogen and oxygen atoms in total. The van der Waals surface area contributed by atoms with Crippen LogP contribution in [-0.4, -0.2) is 54.3 Å². The van der Waals surface area contributed by atoms with Crippen LogP contribution in [0.15, 0.2) is 37.1 Å². The van der Waals surface area contributed by atoms with Crippen LogP contribution in [0.3, 0.4) is 0 Å². The van der Waals surface area contributed by atoms with Crippen LogP contribution in [-0.2, 0) is 18.4 Å². The van der Waals surface area contributed by atoms with Crippen LogP contribution < -0.4 is 10.2 Å². The van der Waals surface area contributed by atoms with E-state index in [2.05, 4.69) is 30.3 Å². The number of amides is 1. The molecule has 1 atom stereocenters. The van der Waals surface area contributed by atoms with Crippen molar-refractivity contribution < 1.29 is 4.79 Å². The minimum Gasteiger partial charge on any atom is -0.351 e. The molecule has 28 heavy (non-hydrogen) atoms. The zero-order valence-corrected chi connectivity index (χ0v) is 16.1. The highest BCUT2D eigenvalue weighted by atomic mass is 16.1. The van der Waals surface area contributed by atoms with Crippen LogP contribution in [0.2, 0.25) is 0 Å². The molecule has 1 fully saturated rings. The number of nitrogens with zero attached hydrogens (tertiary/aromatic N) is 7. The van der Waals surface area contributed by atoms with Crippen molar-refractivity contribution in [1.29, 1.82) is 0 Å². The fourth-order valence-electron chi connectivity index (χ4n) is 3.44. The van der Waals surface area contributed by atoms with Crippen LogP contribution in [0.4, 0.5) is 5.95 Å². The second-order valence-corrected chi connectivity index (χ2v) is 7.06. The first-order chi connectivity index (χ1) is 13.6. The van der Waals surface area contributed by atoms with Crippen molar-refractivity contribution in [2.24, 2.45) is 7.05 Å². The number of carbonyl (C=O) groups is 1. The van der Waals surface area contributed by atoms with Crippen LogP contribution in [0.25, 0.3) is 11.3 Å². The molecule has 1 aliphatic rings. The summed E-state index contributed by atoms with van der Waals surface area (Å²) in [6.45, 7) is 4.12. The predicted octanol–water partition coefficient (Wildman–Crippen LogP) is 1.17. The fraction of sp³-hybridized carbons (Fsp3) is 0.421. The summed E-state index contributed by atoms with van der Waals surface area (Å²) in [5.41, 5.74) is 1.81. The minimum atomic E-state index is 0.0602. The molecule has 0 radical (unpaired) electrons. The predicted molar refractivity (Wildman–Crippen MR) is 105 cm³/mol. The summed E-state index contributed by atoms with van der Waals surface area (Å²) in [6.07, 6.45) is 10.5. The second kappa shape index (κ2) is 7.79. The van der Waals surface area contributed by atoms with Crippen molar-refractivity contribution >= 4 is 11.9 Å². The van der Waals surface area contributed by atoms with E-state index < -0.39 is 0 Å². The Morgan fingerprint density at radius 1 is 1.32 bits per heavy atom. The SMILES string of the molecule is Cc1nccn1CCC(=O)NC1CCN(c2nccc(-c3cnn(C)c3)n2)C1. The largest absolute Gasteiger partial charge is 0.351 e. The van der Waals surface area contributed by atoms with Gasteiger partial charge in [0.25, 0.3) is 0 Å². The highest BCUT2D eigenvalue weighted by Gasteiger charge is 2.25. The zero-order valence-electron chi connectivity index (χ0n) is 16.1. The highest BCUT2D eigenvalue weighted by Crippen LogP contribution is 2.21. The Bertz CT molecular complexity index is 962. The topological polar surface area (TPSA) is 93.8 Å². The van der Waals surface area contributed by atoms with Crippen LogP contribution in [0.1, 0.15) is 18.7 Å². The molecule has 0 aliphatic carbocycles. The summed E-state index contributed by atoms with van der Waals surface area (Å²) >= 11 is 0. The van der Waals surface area contributed by atoms with E-state index in [-0.39, 0.29) is 11.9 Å². The summed E-state index contributed by atoms with van der Waals surface area (Å²) in [6, 6.07) is 2.00. The molecule has 1 saturated heterocycles. The molecule has 3 aromatic heterocycles. The van der Waals surface area contributed by atoms with E-state index in [0.29, 0.717) is 25.5 Å². The van der Waals surface area contributed by atoms with E-state index in [1.54, 1.807) is 23.3 Å². The number of hydrogen-bond acceptors (Lipinski definition) is 6. The molecule has 1 amide bonds. The Hall–Kier alpha value is -3.23. The third-order valence-corrected chi connectivity index (χ3v) is 4.98. The number of anilines is 1. The van der Waals surface area contributed by atoms with Crippen molar-refractivity contribution in [2.75, 3.05) is 18.0 Å². The number of aryl methyl sites for hydroxylation is 3. The monoisotopic (exact) mass is 380 g/mol. The lowest BCUT2D eigenvalue weighted by atomic mass is 10.2. The first kappa shape index (κ1) is 18.1. The normalized spacial score (nSPS) is 16.5. The molecule has 0 saturated carbocycles. The molecule has 0 aromatic carbocycles. The smallest absolute Gasteiger partial charge is 0.225 e. The maximum absolute atomic E-state index is 12.3. The lowest BCUT2D eigenvalue weighted by Gasteiger charge is -2.17. The Morgan fingerprint density at radius 2 is 2.21 bits per heavy atom. The summed E-state index contributed by atoms with van der Waals surface area (Å²) in [4.78, 5) is 27.7. The quantitative estimate of drug-likeness (QED) is 0.690. The van der Waals surface area contributed by atoms with Crippen LogP contribution >= 0.6 is 0 Å². The molecule has 0 bridgehead atoms. The van der Waals surface area contributed by atoms with E-state index in [1.165, 1.54) is 0 Å². The summed E-state index contributed by atoms with van der Waals surface area (Å²) in [5.74, 6) is 1.67. The van der Waals surface area contributed by atoms with Crippen molar-refractivity contribution in [2.45, 2.75) is 32.4 Å². The van der Waals surface area contributed by atoms with Gasteiger partial charge in [0.2, 0.25) is 11.9 Å². The molecule has 0 spiro atoms. The Morgan fingerprint density at radius 3 is 2.96 bits per heavy atom. The second-order valence-electron chi connectivity index (χ2n) is 7.06. The van der Waals surface area contributed by atoms with Gasteiger partial charge in [-0.05, 0) is 19.4 Å². The lowest BCUT2D eigenvalue weighted by molar-refractivity contribution is -0.121. The first-order valence-electron chi connectivity index (χ1n) is 9.42. The number of nitrogens with one attached hydrogen (secondary N) is 1. The maximum atomic E-state index is 12.3. The molecule has 1 aliphatic heterocycles. The van der Waals surface area contributed by atoms with Gasteiger partial charge in [-0.15, -0.1) is 0 Å². The lowest BCUT2D eigenvalue weighted by Crippen LogP contribution is -2.37. The molecule has 146 valence electrons. The molecule has 4 rings (SSSR count). The van der Waals surface area contributed by atoms with Gasteiger partial charge in [0.15, 0.2) is 0 Å². The van der Waals surface area contributed by atoms with Crippen LogP contribution in [0.5, 0.6) is 0 Å². The standard InChI is InChI=1S/C19H24N8O/c1-14-20-7-10-26(14)9-5-18(28)23-16-4-8-27(13-16)19-21-6-3-17(24-19)15-11-22-25(2)12-15/h3,6-7,10-12,16H,4-5,8-9,13H2,1-2H3,(H,23,28). The van der Waals surface area contributed by atoms with Gasteiger partial charge < -0.3 is 14.8 Å². The molecule has 4 heterocycles. The average Bonchev–Trinajstić information content (AvgIpc) is 3.42. The van der Waals surface area contributed by atoms with Gasteiger partial charge in [0.1, 0.15) is 5.82 Å². The van der Waals surface area contributed by atoms with E-state index in [1.807, 2.05) is 37.0 Å². The maximum Gasteiger partial charge on any atom is 0.225 e. The van der Waals surface area contributed by atoms with Gasteiger partial charge in [-0.1, -0.05) is 0 Å². The third kappa shape index (κ3) is 4.03. The Labute approximate surface area is 163 Å². The van der Waals surface area contributed by atoms with Gasteiger partial charge in [-0.2, -0.15) is 5.10 Å². The van der Waals surface area contributed by atoms with Crippen molar-refractivity contribution in [3.63, 3.8) is 0 Å². The minimum absolute atomic E-state index is 0.0602. The molecular formula is C19H24N8O. The van der Waals surface area contributed by atoms with Crippen molar-refractivity contribution in [3.8, 4) is 11.3 Å². The Balaban J connectivity index is 1.33. The number of imidazole rings is 1. The first-order valence-corrected chi connectivity index (χ1v) is 9.42. The number of aromatic nitrogens is 6.